The molecule has 1 saturated heterocycles. The van der Waals surface area contributed by atoms with Crippen molar-refractivity contribution in [3.63, 3.8) is 0 Å². The molecular formula is C15H26N2O4S. The normalized spacial score (nSPS) is 17.6. The Morgan fingerprint density at radius 2 is 1.82 bits per heavy atom. The number of carbonyl (C=O) groups excluding carboxylic acids is 2. The minimum atomic E-state index is -1.02. The van der Waals surface area contributed by atoms with Gasteiger partial charge in [0.05, 0.1) is 11.5 Å². The highest BCUT2D eigenvalue weighted by atomic mass is 32.2. The first kappa shape index (κ1) is 18.8. The first-order valence-electron chi connectivity index (χ1n) is 7.83. The molecular weight excluding hydrogens is 304 g/mol. The van der Waals surface area contributed by atoms with Gasteiger partial charge in [-0.05, 0) is 25.2 Å². The van der Waals surface area contributed by atoms with Gasteiger partial charge in [-0.15, -0.1) is 11.8 Å². The molecule has 2 amide bonds. The van der Waals surface area contributed by atoms with Crippen molar-refractivity contribution in [2.75, 3.05) is 24.6 Å². The third-order valence-electron chi connectivity index (χ3n) is 3.96. The van der Waals surface area contributed by atoms with Gasteiger partial charge in [0.2, 0.25) is 11.8 Å². The molecule has 2 atom stereocenters. The van der Waals surface area contributed by atoms with Gasteiger partial charge in [-0.2, -0.15) is 0 Å². The number of rotatable bonds is 8. The van der Waals surface area contributed by atoms with Gasteiger partial charge in [0.15, 0.2) is 0 Å². The number of nitrogens with one attached hydrogen (secondary N) is 1. The molecule has 0 radical (unpaired) electrons. The number of likely N-dealkylation sites (tertiary alicyclic amines) is 1. The van der Waals surface area contributed by atoms with Gasteiger partial charge in [-0.25, -0.2) is 4.79 Å². The third kappa shape index (κ3) is 6.25. The van der Waals surface area contributed by atoms with Gasteiger partial charge >= 0.3 is 5.97 Å². The zero-order chi connectivity index (χ0) is 16.5. The van der Waals surface area contributed by atoms with Crippen molar-refractivity contribution in [1.29, 1.82) is 0 Å². The predicted molar refractivity (Wildman–Crippen MR) is 86.8 cm³/mol. The van der Waals surface area contributed by atoms with Gasteiger partial charge in [0.25, 0.3) is 0 Å². The second-order valence-corrected chi connectivity index (χ2v) is 6.69. The summed E-state index contributed by atoms with van der Waals surface area (Å²) in [5, 5.41) is 11.7. The molecule has 1 heterocycles. The monoisotopic (exact) mass is 330 g/mol. The van der Waals surface area contributed by atoms with Crippen molar-refractivity contribution >= 4 is 29.5 Å². The standard InChI is InChI=1S/C15H26N2O4S/c1-3-11(2)14(15(20)21)16-12(18)9-22-10-13(19)17-7-5-4-6-8-17/h11,14H,3-10H2,1-2H3,(H,16,18)(H,20,21)/t11-,14-/m0/s1. The number of piperidine rings is 1. The summed E-state index contributed by atoms with van der Waals surface area (Å²) in [5.74, 6) is -1.02. The summed E-state index contributed by atoms with van der Waals surface area (Å²) in [6, 6.07) is -0.865. The van der Waals surface area contributed by atoms with E-state index in [1.54, 1.807) is 6.92 Å². The van der Waals surface area contributed by atoms with Crippen molar-refractivity contribution in [2.24, 2.45) is 5.92 Å². The molecule has 6 nitrogen and oxygen atoms in total. The van der Waals surface area contributed by atoms with Gasteiger partial charge in [-0.1, -0.05) is 20.3 Å². The maximum Gasteiger partial charge on any atom is 0.326 e. The molecule has 1 fully saturated rings. The molecule has 0 aliphatic carbocycles. The Hall–Kier alpha value is -1.24. The van der Waals surface area contributed by atoms with E-state index < -0.39 is 12.0 Å². The number of carbonyl (C=O) groups is 3. The van der Waals surface area contributed by atoms with Crippen LogP contribution in [-0.2, 0) is 14.4 Å². The van der Waals surface area contributed by atoms with Crippen molar-refractivity contribution in [3.05, 3.63) is 0 Å². The molecule has 22 heavy (non-hydrogen) atoms. The average molecular weight is 330 g/mol. The second-order valence-electron chi connectivity index (χ2n) is 5.70. The number of carboxylic acids is 1. The molecule has 126 valence electrons. The molecule has 0 aromatic heterocycles. The van der Waals surface area contributed by atoms with E-state index >= 15 is 0 Å². The summed E-state index contributed by atoms with van der Waals surface area (Å²) in [4.78, 5) is 36.7. The lowest BCUT2D eigenvalue weighted by Gasteiger charge is -2.26. The number of hydrogen-bond donors (Lipinski definition) is 2. The van der Waals surface area contributed by atoms with Crippen molar-refractivity contribution in [1.82, 2.24) is 10.2 Å². The fourth-order valence-electron chi connectivity index (χ4n) is 2.36. The lowest BCUT2D eigenvalue weighted by Crippen LogP contribution is -2.45. The summed E-state index contributed by atoms with van der Waals surface area (Å²) in [5.41, 5.74) is 0. The average Bonchev–Trinajstić information content (AvgIpc) is 2.52. The quantitative estimate of drug-likeness (QED) is 0.701. The molecule has 2 N–H and O–H groups in total. The van der Waals surface area contributed by atoms with E-state index in [0.29, 0.717) is 6.42 Å². The maximum atomic E-state index is 11.9. The van der Waals surface area contributed by atoms with E-state index in [0.717, 1.165) is 25.9 Å². The van der Waals surface area contributed by atoms with E-state index in [-0.39, 0.29) is 29.2 Å². The van der Waals surface area contributed by atoms with Gasteiger partial charge in [0.1, 0.15) is 6.04 Å². The number of amides is 2. The number of hydrogen-bond acceptors (Lipinski definition) is 4. The van der Waals surface area contributed by atoms with Crippen LogP contribution in [0.25, 0.3) is 0 Å². The molecule has 1 rings (SSSR count). The molecule has 0 aromatic carbocycles. The number of carboxylic acid groups (broad SMARTS) is 1. The Kier molecular flexibility index (Phi) is 8.30. The summed E-state index contributed by atoms with van der Waals surface area (Å²) in [6.07, 6.45) is 3.95. The zero-order valence-electron chi connectivity index (χ0n) is 13.3. The number of thioether (sulfide) groups is 1. The van der Waals surface area contributed by atoms with E-state index in [1.165, 1.54) is 18.2 Å². The highest BCUT2D eigenvalue weighted by Crippen LogP contribution is 2.12. The molecule has 0 spiro atoms. The Morgan fingerprint density at radius 3 is 2.36 bits per heavy atom. The van der Waals surface area contributed by atoms with Crippen LogP contribution < -0.4 is 5.32 Å². The van der Waals surface area contributed by atoms with Crippen molar-refractivity contribution in [3.8, 4) is 0 Å². The summed E-state index contributed by atoms with van der Waals surface area (Å²) in [6.45, 7) is 5.30. The van der Waals surface area contributed by atoms with Crippen molar-refractivity contribution in [2.45, 2.75) is 45.6 Å². The minimum Gasteiger partial charge on any atom is -0.480 e. The lowest BCUT2D eigenvalue weighted by atomic mass is 9.99. The molecule has 0 unspecified atom stereocenters. The van der Waals surface area contributed by atoms with E-state index in [2.05, 4.69) is 5.32 Å². The maximum absolute atomic E-state index is 11.9. The highest BCUT2D eigenvalue weighted by Gasteiger charge is 2.25. The Balaban J connectivity index is 2.29. The van der Waals surface area contributed by atoms with Crippen LogP contribution in [0.15, 0.2) is 0 Å². The first-order valence-corrected chi connectivity index (χ1v) is 8.98. The second kappa shape index (κ2) is 9.71. The van der Waals surface area contributed by atoms with Crippen LogP contribution >= 0.6 is 11.8 Å². The minimum absolute atomic E-state index is 0.0641. The number of aliphatic carboxylic acids is 1. The Labute approximate surface area is 136 Å². The fraction of sp³-hybridized carbons (Fsp3) is 0.800. The first-order chi connectivity index (χ1) is 10.5. The van der Waals surface area contributed by atoms with E-state index in [9.17, 15) is 14.4 Å². The Morgan fingerprint density at radius 1 is 1.18 bits per heavy atom. The molecule has 0 saturated carbocycles. The van der Waals surface area contributed by atoms with Crippen LogP contribution in [0.1, 0.15) is 39.5 Å². The lowest BCUT2D eigenvalue weighted by molar-refractivity contribution is -0.143. The highest BCUT2D eigenvalue weighted by molar-refractivity contribution is 8.00. The molecule has 1 aliphatic heterocycles. The number of nitrogens with zero attached hydrogens (tertiary/aromatic N) is 1. The summed E-state index contributed by atoms with van der Waals surface area (Å²) >= 11 is 1.24. The Bertz CT molecular complexity index is 397. The fourth-order valence-corrected chi connectivity index (χ4v) is 3.09. The van der Waals surface area contributed by atoms with Gasteiger partial charge < -0.3 is 15.3 Å². The predicted octanol–water partition coefficient (Wildman–Crippen LogP) is 1.35. The van der Waals surface area contributed by atoms with E-state index in [4.69, 9.17) is 5.11 Å². The summed E-state index contributed by atoms with van der Waals surface area (Å²) < 4.78 is 0. The van der Waals surface area contributed by atoms with Crippen molar-refractivity contribution < 1.29 is 19.5 Å². The molecule has 1 aliphatic rings. The zero-order valence-corrected chi connectivity index (χ0v) is 14.2. The SMILES string of the molecule is CC[C@H](C)[C@H](NC(=O)CSCC(=O)N1CCCCC1)C(=O)O. The van der Waals surface area contributed by atoms with Crippen LogP contribution in [0.3, 0.4) is 0 Å². The van der Waals surface area contributed by atoms with Crippen LogP contribution in [0.2, 0.25) is 0 Å². The van der Waals surface area contributed by atoms with Crippen LogP contribution in [0.4, 0.5) is 0 Å². The van der Waals surface area contributed by atoms with Crippen LogP contribution in [0, 0.1) is 5.92 Å². The largest absolute Gasteiger partial charge is 0.480 e. The molecule has 0 bridgehead atoms. The third-order valence-corrected chi connectivity index (χ3v) is 4.88. The van der Waals surface area contributed by atoms with Crippen LogP contribution in [-0.4, -0.2) is 58.4 Å². The van der Waals surface area contributed by atoms with Crippen LogP contribution in [0.5, 0.6) is 0 Å². The van der Waals surface area contributed by atoms with E-state index in [1.807, 2.05) is 11.8 Å². The van der Waals surface area contributed by atoms with Gasteiger partial charge in [0, 0.05) is 13.1 Å². The summed E-state index contributed by atoms with van der Waals surface area (Å²) in [7, 11) is 0. The smallest absolute Gasteiger partial charge is 0.326 e. The molecule has 0 aromatic rings. The topological polar surface area (TPSA) is 86.7 Å². The van der Waals surface area contributed by atoms with Gasteiger partial charge in [-0.3, -0.25) is 9.59 Å². The molecule has 7 heteroatoms.